The summed E-state index contributed by atoms with van der Waals surface area (Å²) >= 11 is 0. The second-order valence-electron chi connectivity index (χ2n) is 6.82. The molecule has 31 heavy (non-hydrogen) atoms. The van der Waals surface area contributed by atoms with Gasteiger partial charge in [0.1, 0.15) is 12.6 Å². The number of hydrogen-bond donors (Lipinski definition) is 2. The highest BCUT2D eigenvalue weighted by Crippen LogP contribution is 2.27. The number of carbonyl (C=O) groups excluding carboxylic acids is 1. The van der Waals surface area contributed by atoms with Crippen molar-refractivity contribution in [2.24, 2.45) is 0 Å². The second-order valence-corrected chi connectivity index (χ2v) is 6.82. The molecule has 0 spiro atoms. The minimum absolute atomic E-state index is 0.0228. The Balaban J connectivity index is 1.73. The predicted molar refractivity (Wildman–Crippen MR) is 99.1 cm³/mol. The summed E-state index contributed by atoms with van der Waals surface area (Å²) in [5.74, 6) is -1.45. The molecule has 2 aromatic rings. The highest BCUT2D eigenvalue weighted by Gasteiger charge is 2.39. The number of rotatable bonds is 7. The van der Waals surface area contributed by atoms with Crippen LogP contribution in [-0.2, 0) is 4.74 Å². The molecule has 0 radical (unpaired) electrons. The average Bonchev–Trinajstić information content (AvgIpc) is 3.09. The minimum Gasteiger partial charge on any atom is -0.468 e. The number of halogens is 4. The normalized spacial score (nSPS) is 18.5. The van der Waals surface area contributed by atoms with E-state index in [1.807, 2.05) is 0 Å². The molecule has 1 saturated heterocycles. The van der Waals surface area contributed by atoms with Crippen molar-refractivity contribution in [3.05, 3.63) is 35.9 Å². The van der Waals surface area contributed by atoms with Gasteiger partial charge in [0.25, 0.3) is 0 Å². The van der Waals surface area contributed by atoms with Gasteiger partial charge in [0.05, 0.1) is 18.3 Å². The van der Waals surface area contributed by atoms with Gasteiger partial charge >= 0.3 is 12.3 Å². The van der Waals surface area contributed by atoms with Crippen LogP contribution in [0.5, 0.6) is 5.88 Å². The predicted octanol–water partition coefficient (Wildman–Crippen LogP) is 2.83. The number of hydrogen-bond acceptors (Lipinski definition) is 8. The third kappa shape index (κ3) is 5.48. The Morgan fingerprint density at radius 1 is 1.32 bits per heavy atom. The summed E-state index contributed by atoms with van der Waals surface area (Å²) < 4.78 is 60.4. The van der Waals surface area contributed by atoms with Gasteiger partial charge in [-0.05, 0) is 19.4 Å². The number of amides is 1. The summed E-state index contributed by atoms with van der Waals surface area (Å²) in [5, 5.41) is 12.7. The fourth-order valence-electron chi connectivity index (χ4n) is 2.80. The van der Waals surface area contributed by atoms with Crippen LogP contribution in [0.2, 0.25) is 0 Å². The van der Waals surface area contributed by atoms with Crippen LogP contribution in [0.1, 0.15) is 25.5 Å². The molecule has 1 unspecified atom stereocenters. The quantitative estimate of drug-likeness (QED) is 0.627. The van der Waals surface area contributed by atoms with Crippen molar-refractivity contribution in [2.75, 3.05) is 23.4 Å². The number of nitrogens with zero attached hydrogens (tertiary/aromatic N) is 4. The molecule has 168 valence electrons. The Morgan fingerprint density at radius 3 is 2.68 bits per heavy atom. The molecule has 0 aliphatic carbocycles. The average molecular weight is 445 g/mol. The number of carbonyl (C=O) groups is 1. The van der Waals surface area contributed by atoms with Gasteiger partial charge in [0, 0.05) is 12.3 Å². The molecule has 1 aliphatic heterocycles. The van der Waals surface area contributed by atoms with Crippen molar-refractivity contribution < 1.29 is 36.9 Å². The number of aliphatic hydroxyl groups excluding tert-OH is 1. The molecule has 2 N–H and O–H groups in total. The summed E-state index contributed by atoms with van der Waals surface area (Å²) in [6, 6.07) is 1.50. The number of aromatic nitrogens is 3. The molecule has 3 rings (SSSR count). The highest BCUT2D eigenvalue weighted by molar-refractivity contribution is 5.89. The van der Waals surface area contributed by atoms with E-state index in [9.17, 15) is 27.5 Å². The molecule has 1 fully saturated rings. The van der Waals surface area contributed by atoms with E-state index in [0.717, 1.165) is 11.1 Å². The van der Waals surface area contributed by atoms with Gasteiger partial charge in [0.2, 0.25) is 11.8 Å². The summed E-state index contributed by atoms with van der Waals surface area (Å²) in [6.45, 7) is 1.57. The lowest BCUT2D eigenvalue weighted by Crippen LogP contribution is -2.42. The summed E-state index contributed by atoms with van der Waals surface area (Å²) in [5.41, 5.74) is 0.566. The van der Waals surface area contributed by atoms with Gasteiger partial charge in [0.15, 0.2) is 18.2 Å². The number of aliphatic hydroxyl groups is 1. The van der Waals surface area contributed by atoms with E-state index in [1.165, 1.54) is 25.3 Å². The molecule has 2 aromatic heterocycles. The maximum absolute atomic E-state index is 14.3. The molecular formula is C18H19F4N5O4. The SMILES string of the molecule is C[C@H](Nc1ncc(F)c(N2C(=O)OCC2[C@@H](C)O)n1)c1ccc(OCC(F)(F)F)nc1. The third-order valence-electron chi connectivity index (χ3n) is 4.41. The molecular weight excluding hydrogens is 426 g/mol. The molecule has 3 atom stereocenters. The van der Waals surface area contributed by atoms with E-state index < -0.39 is 42.9 Å². The lowest BCUT2D eigenvalue weighted by molar-refractivity contribution is -0.154. The Kier molecular flexibility index (Phi) is 6.43. The zero-order valence-corrected chi connectivity index (χ0v) is 16.4. The molecule has 0 bridgehead atoms. The van der Waals surface area contributed by atoms with Gasteiger partial charge < -0.3 is 19.9 Å². The van der Waals surface area contributed by atoms with E-state index in [0.29, 0.717) is 5.56 Å². The fraction of sp³-hybridized carbons (Fsp3) is 0.444. The van der Waals surface area contributed by atoms with Crippen molar-refractivity contribution in [3.63, 3.8) is 0 Å². The third-order valence-corrected chi connectivity index (χ3v) is 4.41. The molecule has 0 saturated carbocycles. The van der Waals surface area contributed by atoms with Crippen molar-refractivity contribution in [2.45, 2.75) is 38.2 Å². The standard InChI is InChI=1S/C18H19F4N5O4/c1-9(11-3-4-14(23-5-11)31-8-18(20,21)22)25-16-24-6-12(19)15(26-16)27-13(10(2)28)7-30-17(27)29/h3-6,9-10,13,28H,7-8H2,1-2H3,(H,24,25,26)/t9-,10+,13?/m0/s1. The van der Waals surface area contributed by atoms with Crippen molar-refractivity contribution in [1.29, 1.82) is 0 Å². The van der Waals surface area contributed by atoms with Crippen LogP contribution >= 0.6 is 0 Å². The number of nitrogens with one attached hydrogen (secondary N) is 1. The van der Waals surface area contributed by atoms with Crippen LogP contribution in [0.15, 0.2) is 24.5 Å². The van der Waals surface area contributed by atoms with Crippen LogP contribution < -0.4 is 15.0 Å². The Morgan fingerprint density at radius 2 is 2.06 bits per heavy atom. The maximum Gasteiger partial charge on any atom is 0.422 e. The van der Waals surface area contributed by atoms with E-state index in [-0.39, 0.29) is 24.3 Å². The molecule has 13 heteroatoms. The number of cyclic esters (lactones) is 1. The van der Waals surface area contributed by atoms with Crippen LogP contribution in [0.4, 0.5) is 34.1 Å². The van der Waals surface area contributed by atoms with E-state index in [2.05, 4.69) is 25.0 Å². The highest BCUT2D eigenvalue weighted by atomic mass is 19.4. The van der Waals surface area contributed by atoms with E-state index in [4.69, 9.17) is 4.74 Å². The summed E-state index contributed by atoms with van der Waals surface area (Å²) in [4.78, 5) is 24.6. The van der Waals surface area contributed by atoms with Gasteiger partial charge in [-0.3, -0.25) is 0 Å². The van der Waals surface area contributed by atoms with Crippen molar-refractivity contribution in [1.82, 2.24) is 15.0 Å². The first-order chi connectivity index (χ1) is 14.5. The molecule has 1 amide bonds. The zero-order valence-electron chi connectivity index (χ0n) is 16.4. The van der Waals surface area contributed by atoms with Crippen LogP contribution in [0.25, 0.3) is 0 Å². The lowest BCUT2D eigenvalue weighted by Gasteiger charge is -2.23. The van der Waals surface area contributed by atoms with E-state index in [1.54, 1.807) is 6.92 Å². The Labute approximate surface area is 174 Å². The number of pyridine rings is 1. The van der Waals surface area contributed by atoms with Crippen molar-refractivity contribution in [3.8, 4) is 5.88 Å². The van der Waals surface area contributed by atoms with Gasteiger partial charge in [-0.1, -0.05) is 6.07 Å². The van der Waals surface area contributed by atoms with Crippen LogP contribution in [0, 0.1) is 5.82 Å². The molecule has 9 nitrogen and oxygen atoms in total. The summed E-state index contributed by atoms with van der Waals surface area (Å²) in [6.07, 6.45) is -4.12. The molecule has 1 aliphatic rings. The first kappa shape index (κ1) is 22.5. The van der Waals surface area contributed by atoms with Gasteiger partial charge in [-0.2, -0.15) is 18.2 Å². The first-order valence-electron chi connectivity index (χ1n) is 9.14. The largest absolute Gasteiger partial charge is 0.468 e. The monoisotopic (exact) mass is 445 g/mol. The number of alkyl halides is 3. The number of ether oxygens (including phenoxy) is 2. The van der Waals surface area contributed by atoms with Crippen LogP contribution in [-0.4, -0.2) is 57.7 Å². The van der Waals surface area contributed by atoms with Crippen LogP contribution in [0.3, 0.4) is 0 Å². The lowest BCUT2D eigenvalue weighted by atomic mass is 10.1. The van der Waals surface area contributed by atoms with Crippen molar-refractivity contribution >= 4 is 17.9 Å². The van der Waals surface area contributed by atoms with Gasteiger partial charge in [-0.25, -0.2) is 24.1 Å². The van der Waals surface area contributed by atoms with Gasteiger partial charge in [-0.15, -0.1) is 0 Å². The summed E-state index contributed by atoms with van der Waals surface area (Å²) in [7, 11) is 0. The maximum atomic E-state index is 14.3. The molecule has 0 aromatic carbocycles. The Bertz CT molecular complexity index is 926. The fourth-order valence-corrected chi connectivity index (χ4v) is 2.80. The smallest absolute Gasteiger partial charge is 0.422 e. The number of anilines is 2. The topological polar surface area (TPSA) is 110 Å². The second kappa shape index (κ2) is 8.88. The van der Waals surface area contributed by atoms with E-state index >= 15 is 0 Å². The minimum atomic E-state index is -4.47. The first-order valence-corrected chi connectivity index (χ1v) is 9.14. The molecule has 3 heterocycles. The Hall–Kier alpha value is -3.22. The zero-order chi connectivity index (χ0) is 22.8.